The molecule has 18 heavy (non-hydrogen) atoms. The fourth-order valence-corrected chi connectivity index (χ4v) is 2.77. The van der Waals surface area contributed by atoms with Crippen molar-refractivity contribution < 1.29 is 0 Å². The van der Waals surface area contributed by atoms with Gasteiger partial charge in [-0.05, 0) is 45.8 Å². The van der Waals surface area contributed by atoms with Crippen molar-refractivity contribution in [2.45, 2.75) is 45.2 Å². The Hall–Kier alpha value is -0.860. The van der Waals surface area contributed by atoms with Gasteiger partial charge in [0.25, 0.3) is 0 Å². The van der Waals surface area contributed by atoms with Gasteiger partial charge in [0.2, 0.25) is 0 Å². The highest BCUT2D eigenvalue weighted by atomic mass is 15.1. The van der Waals surface area contributed by atoms with Crippen LogP contribution in [0.1, 0.15) is 43.4 Å². The van der Waals surface area contributed by atoms with Gasteiger partial charge in [0.1, 0.15) is 0 Å². The Balaban J connectivity index is 1.93. The topological polar surface area (TPSA) is 15.3 Å². The second-order valence-electron chi connectivity index (χ2n) is 5.68. The van der Waals surface area contributed by atoms with Crippen molar-refractivity contribution in [1.82, 2.24) is 10.2 Å². The largest absolute Gasteiger partial charge is 0.313 e. The van der Waals surface area contributed by atoms with E-state index in [9.17, 15) is 0 Å². The van der Waals surface area contributed by atoms with E-state index in [4.69, 9.17) is 0 Å². The Morgan fingerprint density at radius 2 is 2.22 bits per heavy atom. The van der Waals surface area contributed by atoms with Gasteiger partial charge in [-0.1, -0.05) is 36.2 Å². The molecule has 1 aromatic rings. The molecular weight excluding hydrogens is 220 g/mol. The van der Waals surface area contributed by atoms with Gasteiger partial charge in [0.05, 0.1) is 0 Å². The zero-order chi connectivity index (χ0) is 13.0. The molecule has 0 saturated carbocycles. The molecule has 100 valence electrons. The highest BCUT2D eigenvalue weighted by Crippen LogP contribution is 2.20. The standard InChI is InChI=1S/C16H26N2/c1-13-7-6-8-15(11-13)14(2)18(3)12-16-9-4-5-10-17-16/h6-8,11,14,16-17H,4-5,9-10,12H2,1-3H3. The molecule has 1 heterocycles. The molecule has 2 heteroatoms. The van der Waals surface area contributed by atoms with Crippen LogP contribution in [0.15, 0.2) is 24.3 Å². The summed E-state index contributed by atoms with van der Waals surface area (Å²) in [7, 11) is 2.24. The predicted molar refractivity (Wildman–Crippen MR) is 77.9 cm³/mol. The van der Waals surface area contributed by atoms with Gasteiger partial charge in [-0.25, -0.2) is 0 Å². The summed E-state index contributed by atoms with van der Waals surface area (Å²) in [6, 6.07) is 10.0. The second-order valence-corrected chi connectivity index (χ2v) is 5.68. The van der Waals surface area contributed by atoms with Crippen LogP contribution in [0.4, 0.5) is 0 Å². The van der Waals surface area contributed by atoms with Crippen LogP contribution in [0.3, 0.4) is 0 Å². The van der Waals surface area contributed by atoms with Gasteiger partial charge in [-0.2, -0.15) is 0 Å². The fourth-order valence-electron chi connectivity index (χ4n) is 2.77. The average molecular weight is 246 g/mol. The molecule has 0 bridgehead atoms. The van der Waals surface area contributed by atoms with Crippen molar-refractivity contribution in [2.24, 2.45) is 0 Å². The Labute approximate surface area is 111 Å². The molecule has 2 atom stereocenters. The first-order chi connectivity index (χ1) is 8.66. The van der Waals surface area contributed by atoms with Crippen LogP contribution in [0.25, 0.3) is 0 Å². The highest BCUT2D eigenvalue weighted by Gasteiger charge is 2.18. The van der Waals surface area contributed by atoms with E-state index in [1.165, 1.54) is 36.9 Å². The maximum absolute atomic E-state index is 3.63. The monoisotopic (exact) mass is 246 g/mol. The van der Waals surface area contributed by atoms with E-state index in [0.29, 0.717) is 12.1 Å². The van der Waals surface area contributed by atoms with Crippen molar-refractivity contribution in [3.63, 3.8) is 0 Å². The van der Waals surface area contributed by atoms with Crippen LogP contribution in [-0.2, 0) is 0 Å². The molecule has 0 aliphatic carbocycles. The Morgan fingerprint density at radius 3 is 2.89 bits per heavy atom. The molecule has 0 radical (unpaired) electrons. The number of rotatable bonds is 4. The van der Waals surface area contributed by atoms with Crippen molar-refractivity contribution in [3.8, 4) is 0 Å². The Kier molecular flexibility index (Phi) is 4.79. The molecular formula is C16H26N2. The summed E-state index contributed by atoms with van der Waals surface area (Å²) in [5.74, 6) is 0. The first-order valence-electron chi connectivity index (χ1n) is 7.17. The van der Waals surface area contributed by atoms with E-state index in [1.807, 2.05) is 0 Å². The summed E-state index contributed by atoms with van der Waals surface area (Å²) >= 11 is 0. The summed E-state index contributed by atoms with van der Waals surface area (Å²) < 4.78 is 0. The number of likely N-dealkylation sites (N-methyl/N-ethyl adjacent to an activating group) is 1. The number of hydrogen-bond acceptors (Lipinski definition) is 2. The Morgan fingerprint density at radius 1 is 1.39 bits per heavy atom. The fraction of sp³-hybridized carbons (Fsp3) is 0.625. The van der Waals surface area contributed by atoms with Crippen LogP contribution >= 0.6 is 0 Å². The van der Waals surface area contributed by atoms with E-state index >= 15 is 0 Å². The minimum Gasteiger partial charge on any atom is -0.313 e. The quantitative estimate of drug-likeness (QED) is 0.878. The van der Waals surface area contributed by atoms with Crippen molar-refractivity contribution in [2.75, 3.05) is 20.1 Å². The van der Waals surface area contributed by atoms with Gasteiger partial charge in [0.15, 0.2) is 0 Å². The SMILES string of the molecule is Cc1cccc(C(C)N(C)CC2CCCCN2)c1. The van der Waals surface area contributed by atoms with Gasteiger partial charge in [-0.3, -0.25) is 4.90 Å². The maximum Gasteiger partial charge on any atom is 0.0317 e. The number of hydrogen-bond donors (Lipinski definition) is 1. The third kappa shape index (κ3) is 3.56. The lowest BCUT2D eigenvalue weighted by molar-refractivity contribution is 0.214. The van der Waals surface area contributed by atoms with Crippen molar-refractivity contribution >= 4 is 0 Å². The molecule has 1 aliphatic heterocycles. The van der Waals surface area contributed by atoms with E-state index in [0.717, 1.165) is 6.54 Å². The number of benzene rings is 1. The smallest absolute Gasteiger partial charge is 0.0317 e. The lowest BCUT2D eigenvalue weighted by Gasteiger charge is -2.32. The van der Waals surface area contributed by atoms with Crippen LogP contribution < -0.4 is 5.32 Å². The van der Waals surface area contributed by atoms with Gasteiger partial charge < -0.3 is 5.32 Å². The molecule has 1 N–H and O–H groups in total. The minimum absolute atomic E-state index is 0.494. The third-order valence-electron chi connectivity index (χ3n) is 4.11. The summed E-state index contributed by atoms with van der Waals surface area (Å²) in [4.78, 5) is 2.47. The maximum atomic E-state index is 3.63. The number of nitrogens with one attached hydrogen (secondary N) is 1. The van der Waals surface area contributed by atoms with E-state index in [1.54, 1.807) is 0 Å². The molecule has 1 fully saturated rings. The zero-order valence-corrected chi connectivity index (χ0v) is 11.9. The zero-order valence-electron chi connectivity index (χ0n) is 11.9. The number of aryl methyl sites for hydroxylation is 1. The molecule has 2 rings (SSSR count). The number of nitrogens with zero attached hydrogens (tertiary/aromatic N) is 1. The van der Waals surface area contributed by atoms with Gasteiger partial charge in [-0.15, -0.1) is 0 Å². The van der Waals surface area contributed by atoms with Crippen LogP contribution in [0.5, 0.6) is 0 Å². The third-order valence-corrected chi connectivity index (χ3v) is 4.11. The van der Waals surface area contributed by atoms with Crippen molar-refractivity contribution in [1.29, 1.82) is 0 Å². The molecule has 2 unspecified atom stereocenters. The molecule has 0 amide bonds. The molecule has 2 nitrogen and oxygen atoms in total. The van der Waals surface area contributed by atoms with E-state index < -0.39 is 0 Å². The van der Waals surface area contributed by atoms with Crippen molar-refractivity contribution in [3.05, 3.63) is 35.4 Å². The molecule has 1 aromatic carbocycles. The molecule has 0 aromatic heterocycles. The lowest BCUT2D eigenvalue weighted by atomic mass is 10.0. The summed E-state index contributed by atoms with van der Waals surface area (Å²) in [5, 5.41) is 3.63. The molecule has 0 spiro atoms. The average Bonchev–Trinajstić information content (AvgIpc) is 2.39. The minimum atomic E-state index is 0.494. The van der Waals surface area contributed by atoms with Gasteiger partial charge in [0, 0.05) is 18.6 Å². The molecule has 1 saturated heterocycles. The highest BCUT2D eigenvalue weighted by molar-refractivity contribution is 5.24. The first-order valence-corrected chi connectivity index (χ1v) is 7.17. The predicted octanol–water partition coefficient (Wildman–Crippen LogP) is 3.13. The normalized spacial score (nSPS) is 22.1. The Bertz CT molecular complexity index is 369. The van der Waals surface area contributed by atoms with E-state index in [-0.39, 0.29) is 0 Å². The van der Waals surface area contributed by atoms with Crippen LogP contribution in [-0.4, -0.2) is 31.1 Å². The first kappa shape index (κ1) is 13.6. The summed E-state index contributed by atoms with van der Waals surface area (Å²) in [6.45, 7) is 6.81. The van der Waals surface area contributed by atoms with Crippen LogP contribution in [0.2, 0.25) is 0 Å². The summed E-state index contributed by atoms with van der Waals surface area (Å²) in [5.41, 5.74) is 2.77. The number of piperidine rings is 1. The lowest BCUT2D eigenvalue weighted by Crippen LogP contribution is -2.43. The summed E-state index contributed by atoms with van der Waals surface area (Å²) in [6.07, 6.45) is 4.04. The molecule has 1 aliphatic rings. The van der Waals surface area contributed by atoms with E-state index in [2.05, 4.69) is 55.4 Å². The second kappa shape index (κ2) is 6.35. The van der Waals surface area contributed by atoms with Gasteiger partial charge >= 0.3 is 0 Å². The van der Waals surface area contributed by atoms with Crippen LogP contribution in [0, 0.1) is 6.92 Å².